The molecule has 0 aromatic heterocycles. The van der Waals surface area contributed by atoms with Crippen molar-refractivity contribution in [2.75, 3.05) is 26.2 Å². The van der Waals surface area contributed by atoms with Crippen LogP contribution >= 0.6 is 0 Å². The highest BCUT2D eigenvalue weighted by atomic mass is 16.3. The van der Waals surface area contributed by atoms with E-state index in [1.165, 1.54) is 18.5 Å². The van der Waals surface area contributed by atoms with Crippen LogP contribution in [0.3, 0.4) is 0 Å². The smallest absolute Gasteiger partial charge is 0.0445 e. The number of nitrogens with one attached hydrogen (secondary N) is 1. The van der Waals surface area contributed by atoms with Crippen molar-refractivity contribution in [2.24, 2.45) is 0 Å². The fraction of sp³-hybridized carbons (Fsp3) is 0.625. The maximum Gasteiger partial charge on any atom is 0.0445 e. The molecule has 1 aliphatic heterocycles. The number of nitrogens with zero attached hydrogens (tertiary/aromatic N) is 1. The van der Waals surface area contributed by atoms with E-state index in [2.05, 4.69) is 47.5 Å². The number of aliphatic hydroxyl groups excluding tert-OH is 1. The van der Waals surface area contributed by atoms with Gasteiger partial charge in [-0.25, -0.2) is 0 Å². The van der Waals surface area contributed by atoms with E-state index in [-0.39, 0.29) is 6.61 Å². The molecule has 3 nitrogen and oxygen atoms in total. The zero-order valence-corrected chi connectivity index (χ0v) is 11.9. The van der Waals surface area contributed by atoms with Gasteiger partial charge in [0.2, 0.25) is 0 Å². The van der Waals surface area contributed by atoms with Gasteiger partial charge < -0.3 is 15.3 Å². The van der Waals surface area contributed by atoms with Gasteiger partial charge in [-0.05, 0) is 38.3 Å². The minimum absolute atomic E-state index is 0.276. The lowest BCUT2D eigenvalue weighted by Crippen LogP contribution is -2.39. The van der Waals surface area contributed by atoms with Crippen molar-refractivity contribution in [1.82, 2.24) is 10.2 Å². The molecule has 2 N–H and O–H groups in total. The Morgan fingerprint density at radius 1 is 1.37 bits per heavy atom. The molecule has 1 saturated heterocycles. The van der Waals surface area contributed by atoms with Crippen LogP contribution in [0.1, 0.15) is 25.3 Å². The van der Waals surface area contributed by atoms with Gasteiger partial charge in [-0.3, -0.25) is 0 Å². The molecule has 3 heteroatoms. The molecule has 1 aliphatic rings. The minimum Gasteiger partial charge on any atom is -0.396 e. The summed E-state index contributed by atoms with van der Waals surface area (Å²) in [4.78, 5) is 2.54. The summed E-state index contributed by atoms with van der Waals surface area (Å²) in [6.07, 6.45) is 3.21. The maximum atomic E-state index is 8.92. The van der Waals surface area contributed by atoms with Crippen LogP contribution in [-0.2, 0) is 6.42 Å². The highest BCUT2D eigenvalue weighted by Crippen LogP contribution is 2.11. The first-order valence-corrected chi connectivity index (χ1v) is 7.41. The standard InChI is InChI=1S/C16H26N2O/c1-14(9-12-19)17-16-8-11-18(13-16)10-7-15-5-3-2-4-6-15/h2-6,14,16-17,19H,7-13H2,1H3. The number of aliphatic hydroxyl groups is 1. The molecule has 0 radical (unpaired) electrons. The first-order chi connectivity index (χ1) is 9.28. The summed E-state index contributed by atoms with van der Waals surface area (Å²) in [5.74, 6) is 0. The predicted molar refractivity (Wildman–Crippen MR) is 79.3 cm³/mol. The van der Waals surface area contributed by atoms with E-state index >= 15 is 0 Å². The van der Waals surface area contributed by atoms with Gasteiger partial charge in [0.15, 0.2) is 0 Å². The van der Waals surface area contributed by atoms with Gasteiger partial charge in [0.25, 0.3) is 0 Å². The highest BCUT2D eigenvalue weighted by molar-refractivity contribution is 5.14. The summed E-state index contributed by atoms with van der Waals surface area (Å²) in [6.45, 7) is 5.91. The molecule has 19 heavy (non-hydrogen) atoms. The molecule has 0 amide bonds. The molecule has 2 atom stereocenters. The number of hydrogen-bond acceptors (Lipinski definition) is 3. The van der Waals surface area contributed by atoms with Gasteiger partial charge in [-0.1, -0.05) is 30.3 Å². The largest absolute Gasteiger partial charge is 0.396 e. The van der Waals surface area contributed by atoms with Crippen LogP contribution < -0.4 is 5.32 Å². The summed E-state index contributed by atoms with van der Waals surface area (Å²) in [5.41, 5.74) is 1.42. The van der Waals surface area contributed by atoms with E-state index in [0.29, 0.717) is 12.1 Å². The molecule has 2 unspecified atom stereocenters. The number of benzene rings is 1. The lowest BCUT2D eigenvalue weighted by Gasteiger charge is -2.20. The summed E-state index contributed by atoms with van der Waals surface area (Å²) in [7, 11) is 0. The second-order valence-corrected chi connectivity index (χ2v) is 5.60. The quantitative estimate of drug-likeness (QED) is 0.784. The molecule has 1 fully saturated rings. The third-order valence-corrected chi connectivity index (χ3v) is 3.91. The average Bonchev–Trinajstić information content (AvgIpc) is 2.85. The lowest BCUT2D eigenvalue weighted by molar-refractivity contribution is 0.260. The number of hydrogen-bond donors (Lipinski definition) is 2. The molecular weight excluding hydrogens is 236 g/mol. The van der Waals surface area contributed by atoms with E-state index < -0.39 is 0 Å². The summed E-state index contributed by atoms with van der Waals surface area (Å²) in [5, 5.41) is 12.5. The van der Waals surface area contributed by atoms with Crippen LogP contribution in [0.15, 0.2) is 30.3 Å². The van der Waals surface area contributed by atoms with Gasteiger partial charge in [0, 0.05) is 31.8 Å². The summed E-state index contributed by atoms with van der Waals surface area (Å²) < 4.78 is 0. The molecule has 1 heterocycles. The summed E-state index contributed by atoms with van der Waals surface area (Å²) >= 11 is 0. The SMILES string of the molecule is CC(CCO)NC1CCN(CCc2ccccc2)C1. The van der Waals surface area contributed by atoms with Crippen molar-refractivity contribution in [1.29, 1.82) is 0 Å². The highest BCUT2D eigenvalue weighted by Gasteiger charge is 2.22. The molecule has 0 spiro atoms. The van der Waals surface area contributed by atoms with E-state index in [4.69, 9.17) is 5.11 Å². The van der Waals surface area contributed by atoms with Gasteiger partial charge in [0.1, 0.15) is 0 Å². The van der Waals surface area contributed by atoms with Gasteiger partial charge in [-0.15, -0.1) is 0 Å². The van der Waals surface area contributed by atoms with Crippen molar-refractivity contribution in [3.05, 3.63) is 35.9 Å². The molecule has 0 bridgehead atoms. The van der Waals surface area contributed by atoms with Crippen molar-refractivity contribution >= 4 is 0 Å². The van der Waals surface area contributed by atoms with Crippen molar-refractivity contribution < 1.29 is 5.11 Å². The third-order valence-electron chi connectivity index (χ3n) is 3.91. The number of likely N-dealkylation sites (tertiary alicyclic amines) is 1. The van der Waals surface area contributed by atoms with Gasteiger partial charge >= 0.3 is 0 Å². The second-order valence-electron chi connectivity index (χ2n) is 5.60. The fourth-order valence-corrected chi connectivity index (χ4v) is 2.78. The van der Waals surface area contributed by atoms with Gasteiger partial charge in [-0.2, -0.15) is 0 Å². The second kappa shape index (κ2) is 7.63. The summed E-state index contributed by atoms with van der Waals surface area (Å²) in [6, 6.07) is 11.7. The van der Waals surface area contributed by atoms with Crippen molar-refractivity contribution in [3.8, 4) is 0 Å². The molecule has 0 aliphatic carbocycles. The molecular formula is C16H26N2O. The first-order valence-electron chi connectivity index (χ1n) is 7.41. The van der Waals surface area contributed by atoms with Crippen LogP contribution in [0.2, 0.25) is 0 Å². The first kappa shape index (κ1) is 14.5. The van der Waals surface area contributed by atoms with Crippen LogP contribution in [0.5, 0.6) is 0 Å². The normalized spacial score (nSPS) is 21.7. The van der Waals surface area contributed by atoms with Crippen LogP contribution in [0, 0.1) is 0 Å². The average molecular weight is 262 g/mol. The molecule has 0 saturated carbocycles. The van der Waals surface area contributed by atoms with Crippen LogP contribution in [0.25, 0.3) is 0 Å². The Morgan fingerprint density at radius 2 is 2.16 bits per heavy atom. The third kappa shape index (κ3) is 4.94. The van der Waals surface area contributed by atoms with E-state index in [1.54, 1.807) is 0 Å². The molecule has 106 valence electrons. The van der Waals surface area contributed by atoms with Crippen molar-refractivity contribution in [2.45, 2.75) is 38.3 Å². The Hall–Kier alpha value is -0.900. The van der Waals surface area contributed by atoms with Crippen LogP contribution in [0.4, 0.5) is 0 Å². The Kier molecular flexibility index (Phi) is 5.83. The zero-order valence-electron chi connectivity index (χ0n) is 11.9. The van der Waals surface area contributed by atoms with E-state index in [0.717, 1.165) is 25.9 Å². The Morgan fingerprint density at radius 3 is 2.89 bits per heavy atom. The number of rotatable bonds is 7. The molecule has 1 aromatic rings. The van der Waals surface area contributed by atoms with Crippen LogP contribution in [-0.4, -0.2) is 48.3 Å². The Balaban J connectivity index is 1.67. The minimum atomic E-state index is 0.276. The van der Waals surface area contributed by atoms with Crippen molar-refractivity contribution in [3.63, 3.8) is 0 Å². The predicted octanol–water partition coefficient (Wildman–Crippen LogP) is 1.66. The molecule has 1 aromatic carbocycles. The Bertz CT molecular complexity index is 355. The lowest BCUT2D eigenvalue weighted by atomic mass is 10.1. The monoisotopic (exact) mass is 262 g/mol. The topological polar surface area (TPSA) is 35.5 Å². The maximum absolute atomic E-state index is 8.92. The Labute approximate surface area is 116 Å². The van der Waals surface area contributed by atoms with E-state index in [1.807, 2.05) is 0 Å². The molecule has 2 rings (SSSR count). The fourth-order valence-electron chi connectivity index (χ4n) is 2.78. The van der Waals surface area contributed by atoms with Gasteiger partial charge in [0.05, 0.1) is 0 Å². The zero-order chi connectivity index (χ0) is 13.5. The van der Waals surface area contributed by atoms with E-state index in [9.17, 15) is 0 Å².